The second-order valence-electron chi connectivity index (χ2n) is 3.25. The van der Waals surface area contributed by atoms with Gasteiger partial charge in [-0.25, -0.2) is 4.98 Å². The van der Waals surface area contributed by atoms with Crippen molar-refractivity contribution in [1.82, 2.24) is 4.98 Å². The summed E-state index contributed by atoms with van der Waals surface area (Å²) in [6.07, 6.45) is 3.99. The first-order valence-corrected chi connectivity index (χ1v) is 6.77. The van der Waals surface area contributed by atoms with E-state index in [0.29, 0.717) is 0 Å². The van der Waals surface area contributed by atoms with E-state index in [-0.39, 0.29) is 6.04 Å². The lowest BCUT2D eigenvalue weighted by molar-refractivity contribution is 0.835. The quantitative estimate of drug-likeness (QED) is 0.841. The molecule has 1 atom stereocenters. The summed E-state index contributed by atoms with van der Waals surface area (Å²) >= 11 is 3.53. The van der Waals surface area contributed by atoms with Gasteiger partial charge in [0.25, 0.3) is 0 Å². The molecule has 0 amide bonds. The lowest BCUT2D eigenvalue weighted by atomic mass is 10.3. The van der Waals surface area contributed by atoms with E-state index in [1.807, 2.05) is 24.9 Å². The Morgan fingerprint density at radius 2 is 2.43 bits per heavy atom. The van der Waals surface area contributed by atoms with Gasteiger partial charge in [0.2, 0.25) is 0 Å². The van der Waals surface area contributed by atoms with Crippen LogP contribution in [0, 0.1) is 0 Å². The Hall–Kier alpha value is -0.260. The zero-order valence-electron chi connectivity index (χ0n) is 8.86. The van der Waals surface area contributed by atoms with Crippen LogP contribution in [0.5, 0.6) is 0 Å². The number of aromatic nitrogens is 1. The third-order valence-corrected chi connectivity index (χ3v) is 3.82. The van der Waals surface area contributed by atoms with Crippen LogP contribution in [0.15, 0.2) is 6.20 Å². The number of rotatable bonds is 5. The van der Waals surface area contributed by atoms with Crippen LogP contribution < -0.4 is 10.6 Å². The van der Waals surface area contributed by atoms with Gasteiger partial charge in [-0.1, -0.05) is 0 Å². The Kier molecular flexibility index (Phi) is 4.71. The molecule has 0 spiro atoms. The standard InChI is InChI=1S/C9H17N3S2/c1-7(10)8-6-11-9(14-8)12(2)4-5-13-3/h6-7H,4-5,10H2,1-3H3. The van der Waals surface area contributed by atoms with Crippen LogP contribution in [-0.4, -0.2) is 30.6 Å². The third kappa shape index (κ3) is 3.15. The number of nitrogens with zero attached hydrogens (tertiary/aromatic N) is 2. The molecule has 0 saturated heterocycles. The molecule has 1 heterocycles. The maximum absolute atomic E-state index is 5.78. The van der Waals surface area contributed by atoms with E-state index in [9.17, 15) is 0 Å². The zero-order valence-corrected chi connectivity index (χ0v) is 10.5. The molecule has 0 fully saturated rings. The van der Waals surface area contributed by atoms with Crippen LogP contribution >= 0.6 is 23.1 Å². The molecule has 0 saturated carbocycles. The number of hydrogen-bond acceptors (Lipinski definition) is 5. The van der Waals surface area contributed by atoms with Gasteiger partial charge >= 0.3 is 0 Å². The summed E-state index contributed by atoms with van der Waals surface area (Å²) < 4.78 is 0. The van der Waals surface area contributed by atoms with E-state index in [1.54, 1.807) is 11.3 Å². The smallest absolute Gasteiger partial charge is 0.185 e. The minimum absolute atomic E-state index is 0.0928. The van der Waals surface area contributed by atoms with Crippen LogP contribution in [0.1, 0.15) is 17.8 Å². The maximum Gasteiger partial charge on any atom is 0.185 e. The Bertz CT molecular complexity index is 273. The Morgan fingerprint density at radius 3 is 2.93 bits per heavy atom. The van der Waals surface area contributed by atoms with Crippen molar-refractivity contribution in [3.8, 4) is 0 Å². The highest BCUT2D eigenvalue weighted by Crippen LogP contribution is 2.25. The van der Waals surface area contributed by atoms with E-state index in [0.717, 1.165) is 22.3 Å². The highest BCUT2D eigenvalue weighted by atomic mass is 32.2. The van der Waals surface area contributed by atoms with Crippen molar-refractivity contribution in [2.24, 2.45) is 5.73 Å². The van der Waals surface area contributed by atoms with Crippen LogP contribution in [0.3, 0.4) is 0 Å². The molecule has 5 heteroatoms. The lowest BCUT2D eigenvalue weighted by Gasteiger charge is -2.14. The van der Waals surface area contributed by atoms with Crippen molar-refractivity contribution >= 4 is 28.2 Å². The molecule has 1 rings (SSSR count). The molecule has 1 aromatic rings. The van der Waals surface area contributed by atoms with Gasteiger partial charge in [0.05, 0.1) is 0 Å². The van der Waals surface area contributed by atoms with Crippen LogP contribution in [0.4, 0.5) is 5.13 Å². The van der Waals surface area contributed by atoms with Gasteiger partial charge in [-0.2, -0.15) is 11.8 Å². The Labute approximate surface area is 93.7 Å². The monoisotopic (exact) mass is 231 g/mol. The fourth-order valence-corrected chi connectivity index (χ4v) is 2.30. The molecular weight excluding hydrogens is 214 g/mol. The van der Waals surface area contributed by atoms with Crippen molar-refractivity contribution in [1.29, 1.82) is 0 Å². The van der Waals surface area contributed by atoms with Gasteiger partial charge in [-0.05, 0) is 13.2 Å². The van der Waals surface area contributed by atoms with E-state index >= 15 is 0 Å². The molecule has 80 valence electrons. The molecule has 3 nitrogen and oxygen atoms in total. The van der Waals surface area contributed by atoms with Gasteiger partial charge in [0.1, 0.15) is 0 Å². The summed E-state index contributed by atoms with van der Waals surface area (Å²) in [7, 11) is 2.07. The molecule has 14 heavy (non-hydrogen) atoms. The fraction of sp³-hybridized carbons (Fsp3) is 0.667. The first kappa shape index (κ1) is 11.8. The summed E-state index contributed by atoms with van der Waals surface area (Å²) in [4.78, 5) is 7.67. The maximum atomic E-state index is 5.78. The van der Waals surface area contributed by atoms with E-state index in [1.165, 1.54) is 0 Å². The van der Waals surface area contributed by atoms with Crippen LogP contribution in [0.2, 0.25) is 0 Å². The first-order chi connectivity index (χ1) is 6.65. The molecule has 0 aliphatic heterocycles. The number of nitrogens with two attached hydrogens (primary N) is 1. The molecular formula is C9H17N3S2. The summed E-state index contributed by atoms with van der Waals surface area (Å²) in [6.45, 7) is 3.02. The van der Waals surface area contributed by atoms with Crippen molar-refractivity contribution in [2.45, 2.75) is 13.0 Å². The highest BCUT2D eigenvalue weighted by molar-refractivity contribution is 7.98. The number of hydrogen-bond donors (Lipinski definition) is 1. The van der Waals surface area contributed by atoms with Gasteiger partial charge in [-0.15, -0.1) is 11.3 Å². The Morgan fingerprint density at radius 1 is 1.71 bits per heavy atom. The van der Waals surface area contributed by atoms with Crippen molar-refractivity contribution in [2.75, 3.05) is 30.5 Å². The Balaban J connectivity index is 2.57. The van der Waals surface area contributed by atoms with Crippen LogP contribution in [0.25, 0.3) is 0 Å². The second-order valence-corrected chi connectivity index (χ2v) is 5.27. The second kappa shape index (κ2) is 5.58. The van der Waals surface area contributed by atoms with Gasteiger partial charge < -0.3 is 10.6 Å². The predicted molar refractivity (Wildman–Crippen MR) is 66.4 cm³/mol. The van der Waals surface area contributed by atoms with Gasteiger partial charge in [0, 0.05) is 36.5 Å². The van der Waals surface area contributed by atoms with E-state index < -0.39 is 0 Å². The normalized spacial score (nSPS) is 12.9. The van der Waals surface area contributed by atoms with Crippen molar-refractivity contribution < 1.29 is 0 Å². The zero-order chi connectivity index (χ0) is 10.6. The summed E-state index contributed by atoms with van der Waals surface area (Å²) in [5.74, 6) is 1.13. The molecule has 1 unspecified atom stereocenters. The molecule has 0 aliphatic carbocycles. The van der Waals surface area contributed by atoms with E-state index in [2.05, 4.69) is 23.2 Å². The van der Waals surface area contributed by atoms with Gasteiger partial charge in [0.15, 0.2) is 5.13 Å². The minimum Gasteiger partial charge on any atom is -0.350 e. The number of anilines is 1. The van der Waals surface area contributed by atoms with Crippen LogP contribution in [-0.2, 0) is 0 Å². The van der Waals surface area contributed by atoms with Crippen molar-refractivity contribution in [3.05, 3.63) is 11.1 Å². The molecule has 0 aromatic carbocycles. The average molecular weight is 231 g/mol. The molecule has 0 bridgehead atoms. The van der Waals surface area contributed by atoms with Gasteiger partial charge in [-0.3, -0.25) is 0 Å². The SMILES string of the molecule is CSCCN(C)c1ncc(C(C)N)s1. The molecule has 0 aliphatic rings. The predicted octanol–water partition coefficient (Wildman–Crippen LogP) is 1.96. The lowest BCUT2D eigenvalue weighted by Crippen LogP contribution is -2.19. The largest absolute Gasteiger partial charge is 0.350 e. The first-order valence-electron chi connectivity index (χ1n) is 4.56. The third-order valence-electron chi connectivity index (χ3n) is 1.92. The summed E-state index contributed by atoms with van der Waals surface area (Å²) in [5.41, 5.74) is 5.78. The molecule has 1 aromatic heterocycles. The number of thiazole rings is 1. The summed E-state index contributed by atoms with van der Waals surface area (Å²) in [5, 5.41) is 1.06. The van der Waals surface area contributed by atoms with E-state index in [4.69, 9.17) is 5.73 Å². The molecule has 0 radical (unpaired) electrons. The average Bonchev–Trinajstić information content (AvgIpc) is 2.62. The fourth-order valence-electron chi connectivity index (χ4n) is 0.988. The minimum atomic E-state index is 0.0928. The highest BCUT2D eigenvalue weighted by Gasteiger charge is 2.08. The summed E-state index contributed by atoms with van der Waals surface area (Å²) in [6, 6.07) is 0.0928. The topological polar surface area (TPSA) is 42.2 Å². The number of thioether (sulfide) groups is 1. The molecule has 2 N–H and O–H groups in total. The van der Waals surface area contributed by atoms with Crippen molar-refractivity contribution in [3.63, 3.8) is 0 Å².